The first-order valence-corrected chi connectivity index (χ1v) is 6.53. The van der Waals surface area contributed by atoms with E-state index >= 15 is 0 Å². The Morgan fingerprint density at radius 3 is 2.94 bits per heavy atom. The van der Waals surface area contributed by atoms with Gasteiger partial charge in [-0.2, -0.15) is 0 Å². The van der Waals surface area contributed by atoms with E-state index in [-0.39, 0.29) is 12.5 Å². The van der Waals surface area contributed by atoms with Crippen molar-refractivity contribution in [1.82, 2.24) is 20.3 Å². The van der Waals surface area contributed by atoms with Crippen molar-refractivity contribution in [2.45, 2.75) is 45.7 Å². The highest BCUT2D eigenvalue weighted by Crippen LogP contribution is 2.48. The molecule has 0 spiro atoms. The Kier molecular flexibility index (Phi) is 3.96. The lowest BCUT2D eigenvalue weighted by Crippen LogP contribution is -2.33. The Balaban J connectivity index is 1.75. The summed E-state index contributed by atoms with van der Waals surface area (Å²) in [5, 5.41) is 10.7. The molecule has 0 aromatic carbocycles. The van der Waals surface area contributed by atoms with Crippen LogP contribution in [0, 0.1) is 5.41 Å². The molecule has 1 aromatic rings. The molecule has 1 aliphatic carbocycles. The van der Waals surface area contributed by atoms with Crippen molar-refractivity contribution in [2.24, 2.45) is 11.1 Å². The van der Waals surface area contributed by atoms with E-state index in [1.807, 2.05) is 0 Å². The van der Waals surface area contributed by atoms with E-state index in [1.165, 1.54) is 30.4 Å². The minimum absolute atomic E-state index is 0.00847. The number of hydrogen-bond donors (Lipinski definition) is 2. The van der Waals surface area contributed by atoms with Gasteiger partial charge < -0.3 is 11.1 Å². The lowest BCUT2D eigenvalue weighted by Gasteiger charge is -2.14. The van der Waals surface area contributed by atoms with E-state index in [4.69, 9.17) is 5.73 Å². The lowest BCUT2D eigenvalue weighted by atomic mass is 10.0. The lowest BCUT2D eigenvalue weighted by molar-refractivity contribution is -0.122. The number of carbonyl (C=O) groups excluding carboxylic acids is 1. The summed E-state index contributed by atoms with van der Waals surface area (Å²) in [5.41, 5.74) is 6.52. The van der Waals surface area contributed by atoms with E-state index in [2.05, 4.69) is 22.6 Å². The Labute approximate surface area is 107 Å². The molecule has 0 unspecified atom stereocenters. The van der Waals surface area contributed by atoms with Crippen molar-refractivity contribution in [3.8, 4) is 0 Å². The fourth-order valence-corrected chi connectivity index (χ4v) is 2.22. The third-order valence-corrected chi connectivity index (χ3v) is 3.50. The first kappa shape index (κ1) is 13.0. The summed E-state index contributed by atoms with van der Waals surface area (Å²) < 4.78 is 1.52. The molecule has 1 aromatic heterocycles. The van der Waals surface area contributed by atoms with Crippen LogP contribution in [0.2, 0.25) is 0 Å². The quantitative estimate of drug-likeness (QED) is 0.736. The second-order valence-electron chi connectivity index (χ2n) is 5.14. The maximum atomic E-state index is 11.8. The van der Waals surface area contributed by atoms with Crippen LogP contribution in [0.15, 0.2) is 6.20 Å². The Morgan fingerprint density at radius 2 is 2.39 bits per heavy atom. The van der Waals surface area contributed by atoms with E-state index in [0.717, 1.165) is 6.54 Å². The number of nitrogens with two attached hydrogens (primary N) is 1. The summed E-state index contributed by atoms with van der Waals surface area (Å²) >= 11 is 0. The molecule has 1 aliphatic rings. The highest BCUT2D eigenvalue weighted by Gasteiger charge is 2.41. The van der Waals surface area contributed by atoms with Gasteiger partial charge in [-0.15, -0.1) is 5.10 Å². The molecule has 3 N–H and O–H groups in total. The zero-order chi connectivity index (χ0) is 13.0. The number of amides is 1. The minimum atomic E-state index is -0.00847. The summed E-state index contributed by atoms with van der Waals surface area (Å²) in [5.74, 6) is -0.00847. The van der Waals surface area contributed by atoms with Gasteiger partial charge in [0.2, 0.25) is 5.91 Å². The van der Waals surface area contributed by atoms with Crippen molar-refractivity contribution < 1.29 is 4.79 Å². The van der Waals surface area contributed by atoms with Crippen LogP contribution in [0.3, 0.4) is 0 Å². The van der Waals surface area contributed by atoms with Crippen LogP contribution < -0.4 is 11.1 Å². The standard InChI is InChI=1S/C12H21N5O/c1-2-3-12(4-5-12)9-14-11(18)8-17-7-10(6-13)15-16-17/h7H,2-6,8-9,13H2,1H3,(H,14,18). The topological polar surface area (TPSA) is 85.8 Å². The third-order valence-electron chi connectivity index (χ3n) is 3.50. The molecule has 1 heterocycles. The molecule has 0 bridgehead atoms. The monoisotopic (exact) mass is 251 g/mol. The summed E-state index contributed by atoms with van der Waals surface area (Å²) in [6.07, 6.45) is 6.56. The fraction of sp³-hybridized carbons (Fsp3) is 0.750. The number of rotatable bonds is 7. The fourth-order valence-electron chi connectivity index (χ4n) is 2.22. The largest absolute Gasteiger partial charge is 0.354 e. The average Bonchev–Trinajstić information content (AvgIpc) is 2.97. The summed E-state index contributed by atoms with van der Waals surface area (Å²) in [7, 11) is 0. The molecule has 100 valence electrons. The number of aromatic nitrogens is 3. The molecule has 1 saturated carbocycles. The summed E-state index contributed by atoms with van der Waals surface area (Å²) in [6, 6.07) is 0. The molecule has 1 amide bonds. The highest BCUT2D eigenvalue weighted by atomic mass is 16.2. The van der Waals surface area contributed by atoms with Gasteiger partial charge in [-0.3, -0.25) is 4.79 Å². The van der Waals surface area contributed by atoms with E-state index in [9.17, 15) is 4.79 Å². The zero-order valence-corrected chi connectivity index (χ0v) is 10.9. The van der Waals surface area contributed by atoms with Crippen LogP contribution in [0.4, 0.5) is 0 Å². The normalized spacial score (nSPS) is 16.6. The summed E-state index contributed by atoms with van der Waals surface area (Å²) in [6.45, 7) is 3.54. The Morgan fingerprint density at radius 1 is 1.61 bits per heavy atom. The van der Waals surface area contributed by atoms with Crippen molar-refractivity contribution in [1.29, 1.82) is 0 Å². The van der Waals surface area contributed by atoms with Gasteiger partial charge in [0.05, 0.1) is 11.9 Å². The third kappa shape index (κ3) is 3.29. The molecule has 0 radical (unpaired) electrons. The van der Waals surface area contributed by atoms with E-state index in [1.54, 1.807) is 6.20 Å². The molecule has 2 rings (SSSR count). The smallest absolute Gasteiger partial charge is 0.241 e. The Hall–Kier alpha value is -1.43. The second-order valence-corrected chi connectivity index (χ2v) is 5.14. The number of carbonyl (C=O) groups is 1. The number of nitrogens with one attached hydrogen (secondary N) is 1. The van der Waals surface area contributed by atoms with Crippen molar-refractivity contribution in [2.75, 3.05) is 6.54 Å². The van der Waals surface area contributed by atoms with Crippen LogP contribution in [-0.4, -0.2) is 27.4 Å². The SMILES string of the molecule is CCCC1(CNC(=O)Cn2cc(CN)nn2)CC1. The van der Waals surface area contributed by atoms with Gasteiger partial charge >= 0.3 is 0 Å². The van der Waals surface area contributed by atoms with Gasteiger partial charge in [0, 0.05) is 13.1 Å². The van der Waals surface area contributed by atoms with Gasteiger partial charge in [-0.1, -0.05) is 18.6 Å². The highest BCUT2D eigenvalue weighted by molar-refractivity contribution is 5.75. The Bertz CT molecular complexity index is 410. The van der Waals surface area contributed by atoms with E-state index < -0.39 is 0 Å². The first-order valence-electron chi connectivity index (χ1n) is 6.53. The molecule has 18 heavy (non-hydrogen) atoms. The van der Waals surface area contributed by atoms with Crippen molar-refractivity contribution in [3.05, 3.63) is 11.9 Å². The molecular weight excluding hydrogens is 230 g/mol. The van der Waals surface area contributed by atoms with Crippen LogP contribution >= 0.6 is 0 Å². The molecule has 0 saturated heterocycles. The van der Waals surface area contributed by atoms with Crippen LogP contribution in [0.5, 0.6) is 0 Å². The van der Waals surface area contributed by atoms with Crippen molar-refractivity contribution in [3.63, 3.8) is 0 Å². The van der Waals surface area contributed by atoms with Crippen LogP contribution in [0.1, 0.15) is 38.3 Å². The predicted molar refractivity (Wildman–Crippen MR) is 67.5 cm³/mol. The van der Waals surface area contributed by atoms with Crippen LogP contribution in [-0.2, 0) is 17.9 Å². The minimum Gasteiger partial charge on any atom is -0.354 e. The maximum absolute atomic E-state index is 11.8. The molecular formula is C12H21N5O. The molecule has 6 nitrogen and oxygen atoms in total. The van der Waals surface area contributed by atoms with Crippen LogP contribution in [0.25, 0.3) is 0 Å². The van der Waals surface area contributed by atoms with Gasteiger partial charge in [-0.05, 0) is 24.7 Å². The number of hydrogen-bond acceptors (Lipinski definition) is 4. The summed E-state index contributed by atoms with van der Waals surface area (Å²) in [4.78, 5) is 11.8. The molecule has 0 aliphatic heterocycles. The zero-order valence-electron chi connectivity index (χ0n) is 10.9. The van der Waals surface area contributed by atoms with Gasteiger partial charge in [0.1, 0.15) is 6.54 Å². The molecule has 0 atom stereocenters. The molecule has 6 heteroatoms. The van der Waals surface area contributed by atoms with Crippen molar-refractivity contribution >= 4 is 5.91 Å². The van der Waals surface area contributed by atoms with Gasteiger partial charge in [0.25, 0.3) is 0 Å². The second kappa shape index (κ2) is 5.48. The van der Waals surface area contributed by atoms with Gasteiger partial charge in [0.15, 0.2) is 0 Å². The number of nitrogens with zero attached hydrogens (tertiary/aromatic N) is 3. The first-order chi connectivity index (χ1) is 8.67. The van der Waals surface area contributed by atoms with E-state index in [0.29, 0.717) is 17.7 Å². The predicted octanol–water partition coefficient (Wildman–Crippen LogP) is 0.433. The average molecular weight is 251 g/mol. The maximum Gasteiger partial charge on any atom is 0.241 e. The van der Waals surface area contributed by atoms with Gasteiger partial charge in [-0.25, -0.2) is 4.68 Å². The molecule has 1 fully saturated rings.